The van der Waals surface area contributed by atoms with Crippen LogP contribution in [0.3, 0.4) is 0 Å². The zero-order valence-electron chi connectivity index (χ0n) is 15.1. The zero-order chi connectivity index (χ0) is 19.3. The molecule has 0 spiro atoms. The lowest BCUT2D eigenvalue weighted by atomic mass is 10.0. The summed E-state index contributed by atoms with van der Waals surface area (Å²) in [4.78, 5) is 20.7. The van der Waals surface area contributed by atoms with Gasteiger partial charge in [-0.25, -0.2) is 9.78 Å². The van der Waals surface area contributed by atoms with Gasteiger partial charge in [-0.1, -0.05) is 18.2 Å². The van der Waals surface area contributed by atoms with Crippen LogP contribution in [0.4, 0.5) is 10.6 Å². The number of hydrogen-bond donors (Lipinski definition) is 4. The first-order valence-electron chi connectivity index (χ1n) is 9.04. The van der Waals surface area contributed by atoms with Gasteiger partial charge in [0.15, 0.2) is 0 Å². The van der Waals surface area contributed by atoms with Crippen LogP contribution in [0.5, 0.6) is 0 Å². The first-order chi connectivity index (χ1) is 13.7. The van der Waals surface area contributed by atoms with Gasteiger partial charge in [0.2, 0.25) is 0 Å². The molecule has 1 aliphatic rings. The normalized spacial score (nSPS) is 14.5. The van der Waals surface area contributed by atoms with Crippen LogP contribution < -0.4 is 10.6 Å². The van der Waals surface area contributed by atoms with Crippen LogP contribution in [-0.4, -0.2) is 44.0 Å². The van der Waals surface area contributed by atoms with Crippen LogP contribution in [0.15, 0.2) is 60.6 Å². The van der Waals surface area contributed by atoms with Crippen molar-refractivity contribution in [3.63, 3.8) is 0 Å². The molecule has 0 aliphatic heterocycles. The average Bonchev–Trinajstić information content (AvgIpc) is 3.16. The number of amides is 2. The molecule has 4 N–H and O–H groups in total. The van der Waals surface area contributed by atoms with Gasteiger partial charge < -0.3 is 10.4 Å². The number of anilines is 1. The first-order valence-corrected chi connectivity index (χ1v) is 9.04. The summed E-state index contributed by atoms with van der Waals surface area (Å²) in [5.41, 5.74) is 3.37. The number of aromatic nitrogens is 4. The Bertz CT molecular complexity index is 1040. The summed E-state index contributed by atoms with van der Waals surface area (Å²) in [6.45, 7) is -0.175. The highest BCUT2D eigenvalue weighted by molar-refractivity contribution is 5.95. The van der Waals surface area contributed by atoms with Gasteiger partial charge in [-0.2, -0.15) is 5.10 Å². The third-order valence-corrected chi connectivity index (χ3v) is 4.56. The molecule has 0 fully saturated rings. The van der Waals surface area contributed by atoms with E-state index in [1.807, 2.05) is 30.4 Å². The van der Waals surface area contributed by atoms with E-state index in [2.05, 4.69) is 30.8 Å². The van der Waals surface area contributed by atoms with Crippen LogP contribution >= 0.6 is 0 Å². The molecule has 1 aliphatic carbocycles. The van der Waals surface area contributed by atoms with Crippen LogP contribution in [0.1, 0.15) is 12.8 Å². The quantitative estimate of drug-likeness (QED) is 0.546. The molecular weight excluding hydrogens is 356 g/mol. The first kappa shape index (κ1) is 17.9. The van der Waals surface area contributed by atoms with Gasteiger partial charge in [-0.3, -0.25) is 15.4 Å². The van der Waals surface area contributed by atoms with Gasteiger partial charge in [0.25, 0.3) is 0 Å². The maximum absolute atomic E-state index is 12.3. The van der Waals surface area contributed by atoms with E-state index in [9.17, 15) is 9.90 Å². The Labute approximate surface area is 161 Å². The molecule has 0 saturated carbocycles. The Kier molecular flexibility index (Phi) is 5.11. The number of nitrogens with zero attached hydrogens (tertiary/aromatic N) is 3. The lowest BCUT2D eigenvalue weighted by Crippen LogP contribution is -2.41. The molecular formula is C20H20N6O2. The number of rotatable bonds is 5. The van der Waals surface area contributed by atoms with Gasteiger partial charge in [0, 0.05) is 35.6 Å². The minimum Gasteiger partial charge on any atom is -0.394 e. The fourth-order valence-corrected chi connectivity index (χ4v) is 3.15. The number of carbonyl (C=O) groups excluding carboxylic acids is 1. The number of aromatic amines is 1. The smallest absolute Gasteiger partial charge is 0.320 e. The van der Waals surface area contributed by atoms with E-state index in [-0.39, 0.29) is 6.61 Å². The molecule has 0 radical (unpaired) electrons. The maximum Gasteiger partial charge on any atom is 0.320 e. The van der Waals surface area contributed by atoms with Crippen molar-refractivity contribution in [1.29, 1.82) is 0 Å². The van der Waals surface area contributed by atoms with Crippen LogP contribution in [0.2, 0.25) is 0 Å². The molecule has 142 valence electrons. The van der Waals surface area contributed by atoms with E-state index >= 15 is 0 Å². The minimum atomic E-state index is -0.453. The summed E-state index contributed by atoms with van der Waals surface area (Å²) in [5.74, 6) is 0.389. The number of fused-ring (bicyclic) bond motifs is 1. The maximum atomic E-state index is 12.3. The molecule has 0 saturated heterocycles. The summed E-state index contributed by atoms with van der Waals surface area (Å²) in [7, 11) is 0. The molecule has 2 amide bonds. The molecule has 0 bridgehead atoms. The topological polar surface area (TPSA) is 116 Å². The van der Waals surface area contributed by atoms with Crippen LogP contribution in [0.25, 0.3) is 22.2 Å². The molecule has 3 heterocycles. The average molecular weight is 376 g/mol. The highest BCUT2D eigenvalue weighted by Crippen LogP contribution is 2.26. The largest absolute Gasteiger partial charge is 0.394 e. The van der Waals surface area contributed by atoms with Crippen molar-refractivity contribution in [2.75, 3.05) is 11.9 Å². The highest BCUT2D eigenvalue weighted by atomic mass is 16.3. The summed E-state index contributed by atoms with van der Waals surface area (Å²) in [6, 6.07) is 4.59. The van der Waals surface area contributed by atoms with E-state index in [1.165, 1.54) is 0 Å². The molecule has 3 aromatic heterocycles. The number of carbonyl (C=O) groups is 1. The summed E-state index contributed by atoms with van der Waals surface area (Å²) < 4.78 is 0. The summed E-state index contributed by atoms with van der Waals surface area (Å²) in [5, 5.41) is 23.2. The second kappa shape index (κ2) is 8.01. The fraction of sp³-hybridized carbons (Fsp3) is 0.200. The van der Waals surface area contributed by atoms with Crippen molar-refractivity contribution in [2.24, 2.45) is 0 Å². The van der Waals surface area contributed by atoms with E-state index in [0.717, 1.165) is 40.6 Å². The number of allylic oxidation sites excluding steroid dienone is 2. The lowest BCUT2D eigenvalue weighted by Gasteiger charge is -2.19. The van der Waals surface area contributed by atoms with Crippen molar-refractivity contribution in [3.05, 3.63) is 60.6 Å². The van der Waals surface area contributed by atoms with E-state index in [0.29, 0.717) is 5.82 Å². The second-order valence-corrected chi connectivity index (χ2v) is 6.44. The number of aliphatic hydroxyl groups is 1. The Morgan fingerprint density at radius 1 is 1.29 bits per heavy atom. The zero-order valence-corrected chi connectivity index (χ0v) is 15.1. The Balaban J connectivity index is 1.48. The molecule has 4 rings (SSSR count). The number of pyridine rings is 2. The molecule has 8 nitrogen and oxygen atoms in total. The van der Waals surface area contributed by atoms with E-state index in [1.54, 1.807) is 24.7 Å². The second-order valence-electron chi connectivity index (χ2n) is 6.44. The SMILES string of the molecule is O=C(Nc1cc2[nH]nc(-c3ccncc3)c2cn1)NC(CO)C1=CCCC=C1. The van der Waals surface area contributed by atoms with Crippen LogP contribution in [0, 0.1) is 0 Å². The summed E-state index contributed by atoms with van der Waals surface area (Å²) >= 11 is 0. The predicted molar refractivity (Wildman–Crippen MR) is 107 cm³/mol. The monoisotopic (exact) mass is 376 g/mol. The number of nitrogens with one attached hydrogen (secondary N) is 3. The number of urea groups is 1. The third-order valence-electron chi connectivity index (χ3n) is 4.56. The molecule has 8 heteroatoms. The van der Waals surface area contributed by atoms with Crippen molar-refractivity contribution < 1.29 is 9.90 Å². The van der Waals surface area contributed by atoms with Gasteiger partial charge in [0.1, 0.15) is 11.5 Å². The molecule has 28 heavy (non-hydrogen) atoms. The Morgan fingerprint density at radius 3 is 2.89 bits per heavy atom. The standard InChI is InChI=1S/C20H20N6O2/c27-12-17(13-4-2-1-3-5-13)23-20(28)24-18-10-16-15(11-22-18)19(26-25-16)14-6-8-21-9-7-14/h2,4-11,17,27H,1,3,12H2,(H,25,26)(H2,22,23,24,28). The highest BCUT2D eigenvalue weighted by Gasteiger charge is 2.16. The van der Waals surface area contributed by atoms with Gasteiger partial charge in [-0.15, -0.1) is 0 Å². The van der Waals surface area contributed by atoms with E-state index in [4.69, 9.17) is 0 Å². The third kappa shape index (κ3) is 3.77. The van der Waals surface area contributed by atoms with Crippen molar-refractivity contribution >= 4 is 22.8 Å². The van der Waals surface area contributed by atoms with Crippen LogP contribution in [-0.2, 0) is 0 Å². The van der Waals surface area contributed by atoms with Gasteiger partial charge >= 0.3 is 6.03 Å². The molecule has 1 atom stereocenters. The summed E-state index contributed by atoms with van der Waals surface area (Å²) in [6.07, 6.45) is 13.0. The van der Waals surface area contributed by atoms with Crippen molar-refractivity contribution in [3.8, 4) is 11.3 Å². The minimum absolute atomic E-state index is 0.175. The van der Waals surface area contributed by atoms with E-state index < -0.39 is 12.1 Å². The molecule has 0 aromatic carbocycles. The lowest BCUT2D eigenvalue weighted by molar-refractivity contribution is 0.233. The van der Waals surface area contributed by atoms with Crippen molar-refractivity contribution in [2.45, 2.75) is 18.9 Å². The predicted octanol–water partition coefficient (Wildman–Crippen LogP) is 2.78. The Hall–Kier alpha value is -3.52. The molecule has 1 unspecified atom stereocenters. The Morgan fingerprint density at radius 2 is 2.14 bits per heavy atom. The number of aliphatic hydroxyl groups excluding tert-OH is 1. The van der Waals surface area contributed by atoms with Crippen molar-refractivity contribution in [1.82, 2.24) is 25.5 Å². The number of hydrogen-bond acceptors (Lipinski definition) is 5. The molecule has 3 aromatic rings. The fourth-order valence-electron chi connectivity index (χ4n) is 3.15. The van der Waals surface area contributed by atoms with Gasteiger partial charge in [0.05, 0.1) is 18.2 Å². The van der Waals surface area contributed by atoms with Gasteiger partial charge in [-0.05, 0) is 30.5 Å². The number of H-pyrrole nitrogens is 1.